The average Bonchev–Trinajstić information content (AvgIpc) is 2.81. The minimum atomic E-state index is 0.389. The van der Waals surface area contributed by atoms with Crippen LogP contribution in [0.5, 0.6) is 0 Å². The number of rotatable bonds is 1. The van der Waals surface area contributed by atoms with Gasteiger partial charge in [-0.05, 0) is 30.6 Å². The maximum atomic E-state index is 8.82. The topological polar surface area (TPSA) is 23.8 Å². The highest BCUT2D eigenvalue weighted by Crippen LogP contribution is 2.60. The van der Waals surface area contributed by atoms with Crippen molar-refractivity contribution in [2.75, 3.05) is 0 Å². The van der Waals surface area contributed by atoms with Gasteiger partial charge in [0, 0.05) is 0 Å². The van der Waals surface area contributed by atoms with E-state index in [9.17, 15) is 0 Å². The first kappa shape index (κ1) is 8.10. The maximum absolute atomic E-state index is 8.82. The third-order valence-electron chi connectivity index (χ3n) is 3.97. The van der Waals surface area contributed by atoms with Crippen LogP contribution in [0.15, 0.2) is 0 Å². The monoisotopic (exact) mass is 163 g/mol. The molecule has 2 saturated carbocycles. The Morgan fingerprint density at radius 3 is 2.42 bits per heavy atom. The van der Waals surface area contributed by atoms with Gasteiger partial charge in [-0.1, -0.05) is 26.2 Å². The number of hydrogen-bond donors (Lipinski definition) is 0. The molecule has 12 heavy (non-hydrogen) atoms. The molecule has 0 radical (unpaired) electrons. The summed E-state index contributed by atoms with van der Waals surface area (Å²) in [6.45, 7) is 2.32. The van der Waals surface area contributed by atoms with Crippen molar-refractivity contribution in [1.82, 2.24) is 0 Å². The Morgan fingerprint density at radius 2 is 1.92 bits per heavy atom. The summed E-state index contributed by atoms with van der Waals surface area (Å²) in [6, 6.07) is 2.43. The molecule has 0 bridgehead atoms. The van der Waals surface area contributed by atoms with E-state index in [-0.39, 0.29) is 0 Å². The molecule has 0 spiro atoms. The molecule has 2 aliphatic rings. The van der Waals surface area contributed by atoms with Gasteiger partial charge in [-0.2, -0.15) is 5.26 Å². The van der Waals surface area contributed by atoms with Crippen LogP contribution in [0.25, 0.3) is 0 Å². The Kier molecular flexibility index (Phi) is 1.87. The Morgan fingerprint density at radius 1 is 1.25 bits per heavy atom. The highest BCUT2D eigenvalue weighted by Gasteiger charge is 2.55. The van der Waals surface area contributed by atoms with Crippen LogP contribution in [-0.4, -0.2) is 0 Å². The molecule has 2 aliphatic carbocycles. The van der Waals surface area contributed by atoms with Crippen molar-refractivity contribution in [3.8, 4) is 6.07 Å². The van der Waals surface area contributed by atoms with Crippen molar-refractivity contribution >= 4 is 0 Å². The Labute approximate surface area is 74.8 Å². The summed E-state index contributed by atoms with van der Waals surface area (Å²) in [6.07, 6.45) is 8.16. The Hall–Kier alpha value is -0.510. The lowest BCUT2D eigenvalue weighted by Gasteiger charge is -2.27. The smallest absolute Gasteiger partial charge is 0.0661 e. The van der Waals surface area contributed by atoms with Gasteiger partial charge in [0.15, 0.2) is 0 Å². The van der Waals surface area contributed by atoms with Gasteiger partial charge in [0.1, 0.15) is 0 Å². The molecule has 1 nitrogen and oxygen atoms in total. The highest BCUT2D eigenvalue weighted by molar-refractivity contribution is 5.12. The molecule has 2 rings (SSSR count). The summed E-state index contributed by atoms with van der Waals surface area (Å²) in [5.74, 6) is 1.26. The van der Waals surface area contributed by atoms with Crippen LogP contribution < -0.4 is 0 Å². The molecule has 0 aromatic heterocycles. The van der Waals surface area contributed by atoms with Crippen LogP contribution in [0, 0.1) is 28.6 Å². The van der Waals surface area contributed by atoms with E-state index in [0.29, 0.717) is 11.3 Å². The number of nitrogens with zero attached hydrogens (tertiary/aromatic N) is 1. The summed E-state index contributed by atoms with van der Waals surface area (Å²) in [7, 11) is 0. The van der Waals surface area contributed by atoms with Gasteiger partial charge in [-0.3, -0.25) is 0 Å². The lowest BCUT2D eigenvalue weighted by atomic mass is 9.77. The minimum Gasteiger partial charge on any atom is -0.198 e. The Bertz CT molecular complexity index is 210. The zero-order valence-electron chi connectivity index (χ0n) is 7.84. The molecule has 0 aliphatic heterocycles. The molecule has 0 aromatic carbocycles. The van der Waals surface area contributed by atoms with Gasteiger partial charge in [0.2, 0.25) is 0 Å². The molecule has 66 valence electrons. The van der Waals surface area contributed by atoms with Crippen LogP contribution in [-0.2, 0) is 0 Å². The molecule has 0 heterocycles. The molecule has 0 amide bonds. The van der Waals surface area contributed by atoms with Gasteiger partial charge < -0.3 is 0 Å². The lowest BCUT2D eigenvalue weighted by molar-refractivity contribution is 0.236. The zero-order chi connectivity index (χ0) is 8.60. The van der Waals surface area contributed by atoms with Gasteiger partial charge in [0.05, 0.1) is 12.0 Å². The third-order valence-corrected chi connectivity index (χ3v) is 3.97. The zero-order valence-corrected chi connectivity index (χ0v) is 7.84. The van der Waals surface area contributed by atoms with Crippen molar-refractivity contribution < 1.29 is 0 Å². The van der Waals surface area contributed by atoms with Crippen LogP contribution in [0.3, 0.4) is 0 Å². The Balaban J connectivity index is 1.96. The summed E-state index contributed by atoms with van der Waals surface area (Å²) in [4.78, 5) is 0. The quantitative estimate of drug-likeness (QED) is 0.582. The van der Waals surface area contributed by atoms with Crippen LogP contribution in [0.1, 0.15) is 45.4 Å². The van der Waals surface area contributed by atoms with Gasteiger partial charge in [-0.25, -0.2) is 0 Å². The molecule has 0 N–H and O–H groups in total. The van der Waals surface area contributed by atoms with Crippen molar-refractivity contribution in [2.45, 2.75) is 45.4 Å². The van der Waals surface area contributed by atoms with Gasteiger partial charge in [-0.15, -0.1) is 0 Å². The van der Waals surface area contributed by atoms with E-state index >= 15 is 0 Å². The average molecular weight is 163 g/mol. The van der Waals surface area contributed by atoms with Crippen molar-refractivity contribution in [3.63, 3.8) is 0 Å². The number of hydrogen-bond acceptors (Lipinski definition) is 1. The van der Waals surface area contributed by atoms with E-state index in [1.54, 1.807) is 0 Å². The van der Waals surface area contributed by atoms with Crippen molar-refractivity contribution in [2.24, 2.45) is 17.3 Å². The second kappa shape index (κ2) is 2.76. The summed E-state index contributed by atoms with van der Waals surface area (Å²) < 4.78 is 0. The van der Waals surface area contributed by atoms with Crippen LogP contribution in [0.2, 0.25) is 0 Å². The lowest BCUT2D eigenvalue weighted by Crippen LogP contribution is -2.17. The predicted octanol–water partition coefficient (Wildman–Crippen LogP) is 3.12. The first-order chi connectivity index (χ1) is 5.77. The maximum Gasteiger partial charge on any atom is 0.0661 e. The van der Waals surface area contributed by atoms with Gasteiger partial charge in [0.25, 0.3) is 0 Å². The molecular formula is C11H17N. The minimum absolute atomic E-state index is 0.389. The van der Waals surface area contributed by atoms with E-state index in [4.69, 9.17) is 5.26 Å². The molecule has 0 aromatic rings. The van der Waals surface area contributed by atoms with Crippen LogP contribution >= 0.6 is 0 Å². The molecule has 2 fully saturated rings. The summed E-state index contributed by atoms with van der Waals surface area (Å²) >= 11 is 0. The standard InChI is InChI=1S/C11H17N/c1-11(7-10(11)8-12)9-5-3-2-4-6-9/h9-10H,2-7H2,1H3. The fourth-order valence-electron chi connectivity index (χ4n) is 2.79. The van der Waals surface area contributed by atoms with Gasteiger partial charge >= 0.3 is 0 Å². The molecule has 2 atom stereocenters. The van der Waals surface area contributed by atoms with E-state index < -0.39 is 0 Å². The molecule has 2 unspecified atom stereocenters. The van der Waals surface area contributed by atoms with Crippen molar-refractivity contribution in [1.29, 1.82) is 5.26 Å². The van der Waals surface area contributed by atoms with E-state index in [2.05, 4.69) is 13.0 Å². The third kappa shape index (κ3) is 1.14. The van der Waals surface area contributed by atoms with Crippen LogP contribution in [0.4, 0.5) is 0 Å². The molecular weight excluding hydrogens is 146 g/mol. The second-order valence-corrected chi connectivity index (χ2v) is 4.73. The fourth-order valence-corrected chi connectivity index (χ4v) is 2.79. The first-order valence-electron chi connectivity index (χ1n) is 5.17. The summed E-state index contributed by atoms with van der Waals surface area (Å²) in [5, 5.41) is 8.82. The molecule has 1 heteroatoms. The van der Waals surface area contributed by atoms with E-state index in [0.717, 1.165) is 5.92 Å². The highest BCUT2D eigenvalue weighted by atomic mass is 14.6. The molecule has 0 saturated heterocycles. The summed E-state index contributed by atoms with van der Waals surface area (Å²) in [5.41, 5.74) is 0.426. The van der Waals surface area contributed by atoms with E-state index in [1.165, 1.54) is 38.5 Å². The fraction of sp³-hybridized carbons (Fsp3) is 0.909. The number of nitriles is 1. The largest absolute Gasteiger partial charge is 0.198 e. The second-order valence-electron chi connectivity index (χ2n) is 4.73. The predicted molar refractivity (Wildman–Crippen MR) is 48.4 cm³/mol. The normalized spacial score (nSPS) is 42.2. The SMILES string of the molecule is CC1(C2CCCCC2)CC1C#N. The van der Waals surface area contributed by atoms with E-state index in [1.807, 2.05) is 0 Å². The first-order valence-corrected chi connectivity index (χ1v) is 5.17. The van der Waals surface area contributed by atoms with Crippen molar-refractivity contribution in [3.05, 3.63) is 0 Å².